The van der Waals surface area contributed by atoms with Gasteiger partial charge < -0.3 is 14.8 Å². The zero-order valence-corrected chi connectivity index (χ0v) is 10.6. The maximum atomic E-state index is 12.4. The van der Waals surface area contributed by atoms with Gasteiger partial charge in [0.2, 0.25) is 0 Å². The Morgan fingerprint density at radius 3 is 2.72 bits per heavy atom. The molecule has 2 rings (SSSR count). The van der Waals surface area contributed by atoms with Crippen LogP contribution in [0, 0.1) is 0 Å². The first kappa shape index (κ1) is 13.4. The number of methoxy groups -OCH3 is 1. The number of nitrogens with one attached hydrogen (secondary N) is 1. The molecule has 0 aromatic heterocycles. The second-order valence-electron chi connectivity index (χ2n) is 4.13. The Morgan fingerprint density at radius 1 is 1.44 bits per heavy atom. The summed E-state index contributed by atoms with van der Waals surface area (Å²) in [5.74, 6) is 0.264. The van der Waals surface area contributed by atoms with Crippen molar-refractivity contribution in [2.75, 3.05) is 7.11 Å². The summed E-state index contributed by atoms with van der Waals surface area (Å²) in [5.41, 5.74) is 0.576. The van der Waals surface area contributed by atoms with Gasteiger partial charge in [0.15, 0.2) is 11.5 Å². The minimum absolute atomic E-state index is 0.0463. The Balaban J connectivity index is 2.23. The van der Waals surface area contributed by atoms with Gasteiger partial charge in [-0.15, -0.1) is 0 Å². The predicted molar refractivity (Wildman–Crippen MR) is 64.5 cm³/mol. The molecule has 100 valence electrons. The first-order chi connectivity index (χ1) is 8.60. The number of ether oxygens (including phenoxy) is 2. The molecule has 0 heterocycles. The monoisotopic (exact) mass is 277 g/mol. The van der Waals surface area contributed by atoms with Crippen LogP contribution in [0.2, 0.25) is 5.02 Å². The maximum Gasteiger partial charge on any atom is 0.387 e. The molecule has 0 radical (unpaired) electrons. The van der Waals surface area contributed by atoms with Crippen LogP contribution in [0.3, 0.4) is 0 Å². The van der Waals surface area contributed by atoms with Crippen LogP contribution in [0.1, 0.15) is 18.4 Å². The molecule has 18 heavy (non-hydrogen) atoms. The largest absolute Gasteiger partial charge is 0.493 e. The number of hydrogen-bond acceptors (Lipinski definition) is 3. The second-order valence-corrected chi connectivity index (χ2v) is 4.57. The number of halogens is 3. The normalized spacial score (nSPS) is 14.9. The fraction of sp³-hybridized carbons (Fsp3) is 0.500. The van der Waals surface area contributed by atoms with Gasteiger partial charge in [-0.25, -0.2) is 0 Å². The summed E-state index contributed by atoms with van der Waals surface area (Å²) >= 11 is 5.92. The first-order valence-electron chi connectivity index (χ1n) is 5.64. The van der Waals surface area contributed by atoms with Gasteiger partial charge >= 0.3 is 6.61 Å². The summed E-state index contributed by atoms with van der Waals surface area (Å²) in [4.78, 5) is 0. The molecule has 0 spiro atoms. The molecule has 1 aromatic rings. The molecule has 0 saturated heterocycles. The van der Waals surface area contributed by atoms with Crippen molar-refractivity contribution in [3.63, 3.8) is 0 Å². The highest BCUT2D eigenvalue weighted by Gasteiger charge is 2.22. The Labute approximate surface area is 109 Å². The highest BCUT2D eigenvalue weighted by atomic mass is 35.5. The van der Waals surface area contributed by atoms with Crippen molar-refractivity contribution >= 4 is 11.6 Å². The van der Waals surface area contributed by atoms with Gasteiger partial charge in [-0.3, -0.25) is 0 Å². The van der Waals surface area contributed by atoms with E-state index in [1.54, 1.807) is 6.07 Å². The van der Waals surface area contributed by atoms with Gasteiger partial charge in [-0.05, 0) is 18.9 Å². The van der Waals surface area contributed by atoms with Crippen LogP contribution in [0.4, 0.5) is 8.78 Å². The van der Waals surface area contributed by atoms with E-state index in [4.69, 9.17) is 16.3 Å². The average molecular weight is 278 g/mol. The molecule has 6 heteroatoms. The molecule has 0 unspecified atom stereocenters. The van der Waals surface area contributed by atoms with Crippen LogP contribution < -0.4 is 14.8 Å². The topological polar surface area (TPSA) is 30.5 Å². The predicted octanol–water partition coefficient (Wildman–Crippen LogP) is 3.20. The van der Waals surface area contributed by atoms with Crippen LogP contribution in [0.25, 0.3) is 0 Å². The van der Waals surface area contributed by atoms with Crippen LogP contribution >= 0.6 is 11.6 Å². The fourth-order valence-corrected chi connectivity index (χ4v) is 1.90. The van der Waals surface area contributed by atoms with Crippen molar-refractivity contribution < 1.29 is 18.3 Å². The number of rotatable bonds is 6. The Morgan fingerprint density at radius 2 is 2.17 bits per heavy atom. The van der Waals surface area contributed by atoms with E-state index in [2.05, 4.69) is 10.1 Å². The molecule has 0 bridgehead atoms. The van der Waals surface area contributed by atoms with Gasteiger partial charge in [0, 0.05) is 29.2 Å². The van der Waals surface area contributed by atoms with Gasteiger partial charge in [0.1, 0.15) is 0 Å². The van der Waals surface area contributed by atoms with Crippen molar-refractivity contribution in [1.29, 1.82) is 0 Å². The van der Waals surface area contributed by atoms with Gasteiger partial charge in [-0.2, -0.15) is 8.78 Å². The number of hydrogen-bond donors (Lipinski definition) is 1. The lowest BCUT2D eigenvalue weighted by Crippen LogP contribution is -2.17. The highest BCUT2D eigenvalue weighted by Crippen LogP contribution is 2.36. The van der Waals surface area contributed by atoms with Crippen LogP contribution in [-0.4, -0.2) is 19.8 Å². The Hall–Kier alpha value is -1.07. The van der Waals surface area contributed by atoms with E-state index in [0.29, 0.717) is 23.2 Å². The molecule has 1 saturated carbocycles. The lowest BCUT2D eigenvalue weighted by Gasteiger charge is -2.15. The molecular weight excluding hydrogens is 264 g/mol. The lowest BCUT2D eigenvalue weighted by atomic mass is 10.2. The Kier molecular flexibility index (Phi) is 4.24. The SMILES string of the molecule is COc1cc(Cl)cc(CNC2CC2)c1OC(F)F. The van der Waals surface area contributed by atoms with Crippen molar-refractivity contribution in [2.24, 2.45) is 0 Å². The molecular formula is C12H14ClF2NO2. The standard InChI is InChI=1S/C12H14ClF2NO2/c1-17-10-5-8(13)4-7(6-16-9-2-3-9)11(10)18-12(14)15/h4-5,9,12,16H,2-3,6H2,1H3. The second kappa shape index (κ2) is 5.71. The average Bonchev–Trinajstić information content (AvgIpc) is 3.12. The van der Waals surface area contributed by atoms with E-state index in [1.165, 1.54) is 13.2 Å². The third-order valence-corrected chi connectivity index (χ3v) is 2.90. The van der Waals surface area contributed by atoms with Crippen LogP contribution in [0.15, 0.2) is 12.1 Å². The van der Waals surface area contributed by atoms with E-state index in [0.717, 1.165) is 12.8 Å². The van der Waals surface area contributed by atoms with E-state index in [9.17, 15) is 8.78 Å². The van der Waals surface area contributed by atoms with Crippen molar-refractivity contribution in [3.05, 3.63) is 22.7 Å². The van der Waals surface area contributed by atoms with Crippen molar-refractivity contribution in [3.8, 4) is 11.5 Å². The van der Waals surface area contributed by atoms with Crippen LogP contribution in [-0.2, 0) is 6.54 Å². The van der Waals surface area contributed by atoms with E-state index in [-0.39, 0.29) is 11.5 Å². The third-order valence-electron chi connectivity index (χ3n) is 2.68. The smallest absolute Gasteiger partial charge is 0.387 e. The summed E-state index contributed by atoms with van der Waals surface area (Å²) in [5, 5.41) is 3.66. The minimum atomic E-state index is -2.89. The minimum Gasteiger partial charge on any atom is -0.493 e. The fourth-order valence-electron chi connectivity index (χ4n) is 1.67. The van der Waals surface area contributed by atoms with Crippen LogP contribution in [0.5, 0.6) is 11.5 Å². The summed E-state index contributed by atoms with van der Waals surface area (Å²) in [6.45, 7) is -2.45. The molecule has 0 amide bonds. The molecule has 1 N–H and O–H groups in total. The molecule has 0 aliphatic heterocycles. The first-order valence-corrected chi connectivity index (χ1v) is 6.02. The van der Waals surface area contributed by atoms with E-state index in [1.807, 2.05) is 0 Å². The van der Waals surface area contributed by atoms with E-state index < -0.39 is 6.61 Å². The summed E-state index contributed by atoms with van der Waals surface area (Å²) in [7, 11) is 1.39. The lowest BCUT2D eigenvalue weighted by molar-refractivity contribution is -0.0518. The van der Waals surface area contributed by atoms with E-state index >= 15 is 0 Å². The van der Waals surface area contributed by atoms with Crippen molar-refractivity contribution in [2.45, 2.75) is 32.0 Å². The quantitative estimate of drug-likeness (QED) is 0.866. The highest BCUT2D eigenvalue weighted by molar-refractivity contribution is 6.30. The summed E-state index contributed by atoms with van der Waals surface area (Å²) in [6, 6.07) is 3.53. The zero-order chi connectivity index (χ0) is 13.1. The summed E-state index contributed by atoms with van der Waals surface area (Å²) in [6.07, 6.45) is 2.23. The Bertz CT molecular complexity index is 425. The molecule has 0 atom stereocenters. The molecule has 1 fully saturated rings. The zero-order valence-electron chi connectivity index (χ0n) is 9.88. The third kappa shape index (κ3) is 3.46. The van der Waals surface area contributed by atoms with Gasteiger partial charge in [0.05, 0.1) is 7.11 Å². The maximum absolute atomic E-state index is 12.4. The summed E-state index contributed by atoms with van der Waals surface area (Å²) < 4.78 is 34.3. The van der Waals surface area contributed by atoms with Crippen molar-refractivity contribution in [1.82, 2.24) is 5.32 Å². The molecule has 1 aromatic carbocycles. The molecule has 1 aliphatic rings. The number of benzene rings is 1. The van der Waals surface area contributed by atoms with Gasteiger partial charge in [0.25, 0.3) is 0 Å². The number of alkyl halides is 2. The molecule has 1 aliphatic carbocycles. The molecule has 3 nitrogen and oxygen atoms in total. The van der Waals surface area contributed by atoms with Gasteiger partial charge in [-0.1, -0.05) is 11.6 Å².